The fraction of sp³-hybridized carbons (Fsp3) is 0.600. The lowest BCUT2D eigenvalue weighted by Gasteiger charge is -2.10. The molecule has 1 aromatic heterocycles. The molecular weight excluding hydrogens is 382 g/mol. The first kappa shape index (κ1) is 24.2. The van der Waals surface area contributed by atoms with Crippen molar-refractivity contribution in [2.45, 2.75) is 90.9 Å². The summed E-state index contributed by atoms with van der Waals surface area (Å²) in [5.41, 5.74) is 1.09. The van der Waals surface area contributed by atoms with Gasteiger partial charge in [0, 0.05) is 12.4 Å². The Morgan fingerprint density at radius 3 is 2.00 bits per heavy atom. The zero-order chi connectivity index (χ0) is 21.6. The molecule has 0 saturated carbocycles. The summed E-state index contributed by atoms with van der Waals surface area (Å²) in [5.74, 6) is -1.79. The molecule has 30 heavy (non-hydrogen) atoms. The Kier molecular flexibility index (Phi) is 11.3. The van der Waals surface area contributed by atoms with Gasteiger partial charge in [0.1, 0.15) is 0 Å². The van der Waals surface area contributed by atoms with Crippen molar-refractivity contribution in [3.8, 4) is 17.1 Å². The third kappa shape index (κ3) is 8.00. The normalized spacial score (nSPS) is 11.1. The van der Waals surface area contributed by atoms with Crippen molar-refractivity contribution < 1.29 is 13.5 Å². The highest BCUT2D eigenvalue weighted by molar-refractivity contribution is 5.57. The number of nitrogens with zero attached hydrogens (tertiary/aromatic N) is 2. The van der Waals surface area contributed by atoms with Crippen molar-refractivity contribution in [1.29, 1.82) is 0 Å². The van der Waals surface area contributed by atoms with Gasteiger partial charge in [0.2, 0.25) is 5.82 Å². The van der Waals surface area contributed by atoms with Gasteiger partial charge in [-0.15, -0.1) is 0 Å². The molecule has 0 radical (unpaired) electrons. The average molecular weight is 419 g/mol. The van der Waals surface area contributed by atoms with Crippen LogP contribution in [0, 0.1) is 11.6 Å². The Morgan fingerprint density at radius 2 is 1.33 bits per heavy atom. The lowest BCUT2D eigenvalue weighted by atomic mass is 10.1. The van der Waals surface area contributed by atoms with Crippen LogP contribution in [0.3, 0.4) is 0 Å². The van der Waals surface area contributed by atoms with Gasteiger partial charge >= 0.3 is 0 Å². The zero-order valence-corrected chi connectivity index (χ0v) is 18.6. The number of aromatic nitrogens is 2. The van der Waals surface area contributed by atoms with E-state index in [1.165, 1.54) is 50.7 Å². The van der Waals surface area contributed by atoms with Crippen LogP contribution in [-0.2, 0) is 6.42 Å². The molecule has 0 N–H and O–H groups in total. The minimum Gasteiger partial charge on any atom is -0.490 e. The predicted molar refractivity (Wildman–Crippen MR) is 119 cm³/mol. The van der Waals surface area contributed by atoms with Crippen LogP contribution in [0.1, 0.15) is 90.0 Å². The summed E-state index contributed by atoms with van der Waals surface area (Å²) in [6.07, 6.45) is 17.2. The lowest BCUT2D eigenvalue weighted by Crippen LogP contribution is -2.03. The standard InChI is InChI=1S/C25H36F2N2O/c1-3-5-7-9-10-11-12-14-20-18-28-25(29-19-20)21-15-16-22(24(27)23(21)26)30-17-13-8-6-4-2/h15-16,18-19H,3-14,17H2,1-2H3. The fourth-order valence-electron chi connectivity index (χ4n) is 3.44. The van der Waals surface area contributed by atoms with Crippen LogP contribution < -0.4 is 4.74 Å². The molecule has 0 aliphatic rings. The van der Waals surface area contributed by atoms with E-state index in [2.05, 4.69) is 23.8 Å². The van der Waals surface area contributed by atoms with Gasteiger partial charge in [-0.2, -0.15) is 4.39 Å². The Bertz CT molecular complexity index is 735. The van der Waals surface area contributed by atoms with Gasteiger partial charge in [-0.25, -0.2) is 14.4 Å². The van der Waals surface area contributed by atoms with Gasteiger partial charge in [0.25, 0.3) is 0 Å². The SMILES string of the molecule is CCCCCCCCCc1cnc(-c2ccc(OCCCCCC)c(F)c2F)nc1. The number of unbranched alkanes of at least 4 members (excludes halogenated alkanes) is 9. The van der Waals surface area contributed by atoms with Gasteiger partial charge in [0.15, 0.2) is 17.4 Å². The van der Waals surface area contributed by atoms with Gasteiger partial charge in [-0.1, -0.05) is 71.6 Å². The summed E-state index contributed by atoms with van der Waals surface area (Å²) in [6.45, 7) is 4.74. The number of hydrogen-bond donors (Lipinski definition) is 0. The third-order valence-corrected chi connectivity index (χ3v) is 5.32. The van der Waals surface area contributed by atoms with E-state index in [0.29, 0.717) is 6.61 Å². The molecule has 2 rings (SSSR count). The molecule has 166 valence electrons. The molecule has 0 saturated heterocycles. The Morgan fingerprint density at radius 1 is 0.733 bits per heavy atom. The average Bonchev–Trinajstić information content (AvgIpc) is 2.76. The van der Waals surface area contributed by atoms with E-state index in [0.717, 1.165) is 44.1 Å². The number of aryl methyl sites for hydroxylation is 1. The molecule has 0 unspecified atom stereocenters. The second-order valence-corrected chi connectivity index (χ2v) is 7.93. The molecule has 5 heteroatoms. The van der Waals surface area contributed by atoms with E-state index in [-0.39, 0.29) is 17.1 Å². The Hall–Kier alpha value is -2.04. The summed E-state index contributed by atoms with van der Waals surface area (Å²) in [4.78, 5) is 8.51. The van der Waals surface area contributed by atoms with Crippen molar-refractivity contribution in [3.63, 3.8) is 0 Å². The van der Waals surface area contributed by atoms with E-state index >= 15 is 0 Å². The number of ether oxygens (including phenoxy) is 1. The van der Waals surface area contributed by atoms with Crippen molar-refractivity contribution in [2.24, 2.45) is 0 Å². The quantitative estimate of drug-likeness (QED) is 0.278. The predicted octanol–water partition coefficient (Wildman–Crippen LogP) is 7.67. The van der Waals surface area contributed by atoms with E-state index < -0.39 is 11.6 Å². The maximum absolute atomic E-state index is 14.5. The summed E-state index contributed by atoms with van der Waals surface area (Å²) < 4.78 is 34.3. The van der Waals surface area contributed by atoms with Gasteiger partial charge < -0.3 is 4.74 Å². The minimum absolute atomic E-state index is 0.0525. The highest BCUT2D eigenvalue weighted by atomic mass is 19.2. The minimum atomic E-state index is -0.973. The van der Waals surface area contributed by atoms with Crippen LogP contribution >= 0.6 is 0 Å². The molecule has 1 aromatic carbocycles. The Balaban J connectivity index is 1.85. The van der Waals surface area contributed by atoms with Gasteiger partial charge in [-0.3, -0.25) is 0 Å². The van der Waals surface area contributed by atoms with E-state index in [1.807, 2.05) is 0 Å². The van der Waals surface area contributed by atoms with Crippen LogP contribution in [-0.4, -0.2) is 16.6 Å². The molecule has 0 bridgehead atoms. The maximum Gasteiger partial charge on any atom is 0.201 e. The van der Waals surface area contributed by atoms with E-state index in [9.17, 15) is 8.78 Å². The first-order valence-electron chi connectivity index (χ1n) is 11.6. The monoisotopic (exact) mass is 418 g/mol. The number of hydrogen-bond acceptors (Lipinski definition) is 3. The summed E-state index contributed by atoms with van der Waals surface area (Å²) in [5, 5.41) is 0. The van der Waals surface area contributed by atoms with Crippen LogP contribution in [0.15, 0.2) is 24.5 Å². The van der Waals surface area contributed by atoms with Crippen molar-refractivity contribution in [1.82, 2.24) is 9.97 Å². The molecular formula is C25H36F2N2O. The number of halogens is 2. The molecule has 3 nitrogen and oxygen atoms in total. The first-order valence-corrected chi connectivity index (χ1v) is 11.6. The third-order valence-electron chi connectivity index (χ3n) is 5.32. The van der Waals surface area contributed by atoms with Gasteiger partial charge in [-0.05, 0) is 37.0 Å². The molecule has 0 atom stereocenters. The maximum atomic E-state index is 14.5. The van der Waals surface area contributed by atoms with Crippen molar-refractivity contribution >= 4 is 0 Å². The first-order chi connectivity index (χ1) is 14.7. The van der Waals surface area contributed by atoms with Crippen LogP contribution in [0.2, 0.25) is 0 Å². The second-order valence-electron chi connectivity index (χ2n) is 7.93. The summed E-state index contributed by atoms with van der Waals surface area (Å²) >= 11 is 0. The highest BCUT2D eigenvalue weighted by Crippen LogP contribution is 2.28. The van der Waals surface area contributed by atoms with Crippen LogP contribution in [0.25, 0.3) is 11.4 Å². The number of benzene rings is 1. The topological polar surface area (TPSA) is 35.0 Å². The smallest absolute Gasteiger partial charge is 0.201 e. The molecule has 0 spiro atoms. The molecule has 0 aliphatic heterocycles. The summed E-state index contributed by atoms with van der Waals surface area (Å²) in [6, 6.07) is 2.95. The highest BCUT2D eigenvalue weighted by Gasteiger charge is 2.17. The largest absolute Gasteiger partial charge is 0.490 e. The lowest BCUT2D eigenvalue weighted by molar-refractivity contribution is 0.285. The Labute approximate surface area is 180 Å². The zero-order valence-electron chi connectivity index (χ0n) is 18.6. The van der Waals surface area contributed by atoms with Gasteiger partial charge in [0.05, 0.1) is 12.2 Å². The van der Waals surface area contributed by atoms with Crippen molar-refractivity contribution in [2.75, 3.05) is 6.61 Å². The fourth-order valence-corrected chi connectivity index (χ4v) is 3.44. The van der Waals surface area contributed by atoms with E-state index in [4.69, 9.17) is 4.74 Å². The second kappa shape index (κ2) is 14.1. The molecule has 1 heterocycles. The van der Waals surface area contributed by atoms with Crippen LogP contribution in [0.5, 0.6) is 5.75 Å². The summed E-state index contributed by atoms with van der Waals surface area (Å²) in [7, 11) is 0. The molecule has 2 aromatic rings. The molecule has 0 aliphatic carbocycles. The van der Waals surface area contributed by atoms with Crippen molar-refractivity contribution in [3.05, 3.63) is 41.7 Å². The number of rotatable bonds is 15. The van der Waals surface area contributed by atoms with E-state index in [1.54, 1.807) is 12.4 Å². The molecule has 0 fully saturated rings. The van der Waals surface area contributed by atoms with Crippen LogP contribution in [0.4, 0.5) is 8.78 Å². The molecule has 0 amide bonds.